The van der Waals surface area contributed by atoms with Gasteiger partial charge in [0.15, 0.2) is 0 Å². The van der Waals surface area contributed by atoms with Crippen LogP contribution in [0.1, 0.15) is 23.1 Å². The highest BCUT2D eigenvalue weighted by Crippen LogP contribution is 2.31. The molecule has 0 spiro atoms. The molecular weight excluding hydrogens is 428 g/mol. The van der Waals surface area contributed by atoms with Gasteiger partial charge in [0.2, 0.25) is 0 Å². The molecular formula is C22H24F4N4O2. The predicted octanol–water partition coefficient (Wildman–Crippen LogP) is 2.94. The average molecular weight is 452 g/mol. The molecule has 2 heterocycles. The van der Waals surface area contributed by atoms with E-state index in [-0.39, 0.29) is 31.0 Å². The van der Waals surface area contributed by atoms with Crippen molar-refractivity contribution >= 4 is 11.7 Å². The molecule has 1 aliphatic rings. The summed E-state index contributed by atoms with van der Waals surface area (Å²) in [5.74, 6) is -0.697. The Morgan fingerprint density at radius 1 is 1.19 bits per heavy atom. The number of alkyl halides is 3. The smallest absolute Gasteiger partial charge is 0.395 e. The van der Waals surface area contributed by atoms with Crippen LogP contribution in [-0.4, -0.2) is 54.2 Å². The number of β-amino-alcohol motifs (C(OH)–C–C–N with tert-alkyl or cyclic N) is 1. The average Bonchev–Trinajstić information content (AvgIpc) is 2.72. The third kappa shape index (κ3) is 5.83. The van der Waals surface area contributed by atoms with Crippen molar-refractivity contribution in [2.24, 2.45) is 0 Å². The first kappa shape index (κ1) is 23.7. The maximum absolute atomic E-state index is 13.7. The van der Waals surface area contributed by atoms with Gasteiger partial charge in [-0.15, -0.1) is 0 Å². The molecule has 172 valence electrons. The molecule has 0 bridgehead atoms. The summed E-state index contributed by atoms with van der Waals surface area (Å²) < 4.78 is 52.6. The van der Waals surface area contributed by atoms with Gasteiger partial charge >= 0.3 is 6.18 Å². The number of nitrogens with one attached hydrogen (secondary N) is 2. The number of halogens is 4. The van der Waals surface area contributed by atoms with Crippen molar-refractivity contribution in [1.29, 1.82) is 0 Å². The van der Waals surface area contributed by atoms with Crippen molar-refractivity contribution in [1.82, 2.24) is 15.2 Å². The van der Waals surface area contributed by atoms with Gasteiger partial charge in [0.1, 0.15) is 11.6 Å². The Morgan fingerprint density at radius 2 is 1.97 bits per heavy atom. The highest BCUT2D eigenvalue weighted by Gasteiger charge is 2.31. The zero-order chi connectivity index (χ0) is 23.3. The van der Waals surface area contributed by atoms with Crippen LogP contribution in [0.4, 0.5) is 23.4 Å². The Balaban J connectivity index is 1.82. The normalized spacial score (nSPS) is 14.8. The lowest BCUT2D eigenvalue weighted by Crippen LogP contribution is -2.42. The van der Waals surface area contributed by atoms with Crippen LogP contribution in [-0.2, 0) is 17.4 Å². The number of hydrogen-bond donors (Lipinski definition) is 3. The van der Waals surface area contributed by atoms with E-state index in [1.165, 1.54) is 6.20 Å². The minimum Gasteiger partial charge on any atom is -0.395 e. The molecule has 0 aliphatic carbocycles. The van der Waals surface area contributed by atoms with E-state index in [1.54, 1.807) is 24.1 Å². The van der Waals surface area contributed by atoms with Crippen LogP contribution in [0.3, 0.4) is 0 Å². The number of hydrogen-bond acceptors (Lipinski definition) is 5. The van der Waals surface area contributed by atoms with Gasteiger partial charge < -0.3 is 20.6 Å². The van der Waals surface area contributed by atoms with Gasteiger partial charge in [-0.3, -0.25) is 4.79 Å². The molecule has 0 saturated carbocycles. The molecule has 1 aliphatic heterocycles. The van der Waals surface area contributed by atoms with E-state index in [2.05, 4.69) is 15.6 Å². The largest absolute Gasteiger partial charge is 0.416 e. The van der Waals surface area contributed by atoms with E-state index in [1.807, 2.05) is 0 Å². The maximum atomic E-state index is 13.7. The number of benzene rings is 1. The molecule has 32 heavy (non-hydrogen) atoms. The van der Waals surface area contributed by atoms with Crippen LogP contribution < -0.4 is 10.6 Å². The number of aliphatic hydroxyl groups excluding tert-OH is 1. The van der Waals surface area contributed by atoms with Crippen molar-refractivity contribution in [3.63, 3.8) is 0 Å². The van der Waals surface area contributed by atoms with Gasteiger partial charge in [-0.25, -0.2) is 9.37 Å². The Labute approximate surface area is 183 Å². The van der Waals surface area contributed by atoms with Gasteiger partial charge in [0.05, 0.1) is 17.7 Å². The fourth-order valence-corrected chi connectivity index (χ4v) is 3.61. The molecule has 3 N–H and O–H groups in total. The van der Waals surface area contributed by atoms with E-state index in [4.69, 9.17) is 5.11 Å². The van der Waals surface area contributed by atoms with Crippen LogP contribution in [0.25, 0.3) is 0 Å². The number of pyridine rings is 1. The zero-order valence-corrected chi connectivity index (χ0v) is 17.5. The van der Waals surface area contributed by atoms with Crippen LogP contribution >= 0.6 is 0 Å². The quantitative estimate of drug-likeness (QED) is 0.537. The lowest BCUT2D eigenvalue weighted by atomic mass is 10.0. The molecule has 2 aromatic rings. The highest BCUT2D eigenvalue weighted by atomic mass is 19.4. The second-order valence-corrected chi connectivity index (χ2v) is 7.45. The third-order valence-electron chi connectivity index (χ3n) is 5.06. The first-order valence-electron chi connectivity index (χ1n) is 10.1. The molecule has 0 unspecified atom stereocenters. The number of carbonyl (C=O) groups is 1. The van der Waals surface area contributed by atoms with Gasteiger partial charge in [0, 0.05) is 37.9 Å². The standard InChI is InChI=1S/C22H24F4N4O2/c1-27-13-18-19(3-5-30(6-7-31)21(18)32)29-20-11-14(2-4-28-20)8-15-9-16(22(24,25)26)12-17(23)10-15/h2,4,9-12,27,31H,3,5-8,13H2,1H3,(H,28,29). The highest BCUT2D eigenvalue weighted by molar-refractivity contribution is 5.96. The first-order valence-corrected chi connectivity index (χ1v) is 10.1. The second-order valence-electron chi connectivity index (χ2n) is 7.45. The Kier molecular flexibility index (Phi) is 7.47. The Morgan fingerprint density at radius 3 is 2.66 bits per heavy atom. The van der Waals surface area contributed by atoms with Gasteiger partial charge in [-0.1, -0.05) is 0 Å². The molecule has 0 radical (unpaired) electrons. The Hall–Kier alpha value is -2.98. The molecule has 0 atom stereocenters. The number of anilines is 1. The minimum absolute atomic E-state index is 0.0870. The summed E-state index contributed by atoms with van der Waals surface area (Å²) in [4.78, 5) is 18.5. The SMILES string of the molecule is CNCC1=C(Nc2cc(Cc3cc(F)cc(C(F)(F)F)c3)ccn2)CCN(CCO)C1=O. The molecule has 3 rings (SSSR count). The molecule has 6 nitrogen and oxygen atoms in total. The number of rotatable bonds is 8. The van der Waals surface area contributed by atoms with Crippen molar-refractivity contribution in [2.45, 2.75) is 19.0 Å². The van der Waals surface area contributed by atoms with Crippen LogP contribution in [0.5, 0.6) is 0 Å². The summed E-state index contributed by atoms with van der Waals surface area (Å²) in [6.45, 7) is 0.895. The molecule has 1 aromatic heterocycles. The van der Waals surface area contributed by atoms with E-state index in [0.717, 1.165) is 12.1 Å². The van der Waals surface area contributed by atoms with Crippen LogP contribution in [0.2, 0.25) is 0 Å². The summed E-state index contributed by atoms with van der Waals surface area (Å²) in [5, 5.41) is 15.3. The van der Waals surface area contributed by atoms with Crippen molar-refractivity contribution < 1.29 is 27.5 Å². The Bertz CT molecular complexity index is 1010. The monoisotopic (exact) mass is 452 g/mol. The van der Waals surface area contributed by atoms with Crippen molar-refractivity contribution in [3.05, 3.63) is 70.3 Å². The lowest BCUT2D eigenvalue weighted by molar-refractivity contribution is -0.137. The lowest BCUT2D eigenvalue weighted by Gasteiger charge is -2.30. The summed E-state index contributed by atoms with van der Waals surface area (Å²) in [7, 11) is 1.72. The minimum atomic E-state index is -4.63. The van der Waals surface area contributed by atoms with E-state index in [0.29, 0.717) is 48.2 Å². The fourth-order valence-electron chi connectivity index (χ4n) is 3.61. The van der Waals surface area contributed by atoms with E-state index >= 15 is 0 Å². The number of aliphatic hydroxyl groups is 1. The number of nitrogens with zero attached hydrogens (tertiary/aromatic N) is 2. The maximum Gasteiger partial charge on any atom is 0.416 e. The molecule has 1 aromatic carbocycles. The van der Waals surface area contributed by atoms with E-state index in [9.17, 15) is 22.4 Å². The number of amides is 1. The van der Waals surface area contributed by atoms with Crippen molar-refractivity contribution in [3.8, 4) is 0 Å². The van der Waals surface area contributed by atoms with Crippen LogP contribution in [0.15, 0.2) is 47.8 Å². The van der Waals surface area contributed by atoms with Crippen molar-refractivity contribution in [2.75, 3.05) is 38.6 Å². The first-order chi connectivity index (χ1) is 15.2. The van der Waals surface area contributed by atoms with Gasteiger partial charge in [-0.2, -0.15) is 13.2 Å². The summed E-state index contributed by atoms with van der Waals surface area (Å²) >= 11 is 0. The number of aromatic nitrogens is 1. The second kappa shape index (κ2) is 10.1. The predicted molar refractivity (Wildman–Crippen MR) is 111 cm³/mol. The molecule has 1 amide bonds. The zero-order valence-electron chi connectivity index (χ0n) is 17.5. The van der Waals surface area contributed by atoms with Gasteiger partial charge in [-0.05, 0) is 54.9 Å². The molecule has 10 heteroatoms. The topological polar surface area (TPSA) is 77.5 Å². The number of carbonyl (C=O) groups excluding carboxylic acids is 1. The third-order valence-corrected chi connectivity index (χ3v) is 5.06. The summed E-state index contributed by atoms with van der Waals surface area (Å²) in [6, 6.07) is 5.78. The van der Waals surface area contributed by atoms with Crippen LogP contribution in [0, 0.1) is 5.82 Å². The summed E-state index contributed by atoms with van der Waals surface area (Å²) in [5.41, 5.74) is 1.01. The fraction of sp³-hybridized carbons (Fsp3) is 0.364. The summed E-state index contributed by atoms with van der Waals surface area (Å²) in [6.07, 6.45) is -2.50. The number of likely N-dealkylation sites (N-methyl/N-ethyl adjacent to an activating group) is 1. The van der Waals surface area contributed by atoms with Gasteiger partial charge in [0.25, 0.3) is 5.91 Å². The van der Waals surface area contributed by atoms with E-state index < -0.39 is 17.6 Å². The molecule has 0 saturated heterocycles. The molecule has 0 fully saturated rings.